The Labute approximate surface area is 122 Å². The Balaban J connectivity index is 2.20. The summed E-state index contributed by atoms with van der Waals surface area (Å²) in [6, 6.07) is 3.75. The van der Waals surface area contributed by atoms with E-state index < -0.39 is 20.7 Å². The van der Waals surface area contributed by atoms with Crippen molar-refractivity contribution in [3.8, 4) is 0 Å². The summed E-state index contributed by atoms with van der Waals surface area (Å²) in [5, 5.41) is 0. The van der Waals surface area contributed by atoms with Gasteiger partial charge in [-0.15, -0.1) is 0 Å². The number of sulfonamides is 1. The fourth-order valence-corrected chi connectivity index (χ4v) is 2.76. The predicted molar refractivity (Wildman–Crippen MR) is 75.1 cm³/mol. The van der Waals surface area contributed by atoms with E-state index in [2.05, 4.69) is 14.7 Å². The zero-order valence-electron chi connectivity index (χ0n) is 11.4. The fraction of sp³-hybridized carbons (Fsp3) is 0.231. The van der Waals surface area contributed by atoms with Crippen molar-refractivity contribution < 1.29 is 12.8 Å². The van der Waals surface area contributed by atoms with E-state index in [4.69, 9.17) is 5.73 Å². The summed E-state index contributed by atoms with van der Waals surface area (Å²) < 4.78 is 40.2. The second kappa shape index (κ2) is 6.25. The third-order valence-corrected chi connectivity index (χ3v) is 4.21. The van der Waals surface area contributed by atoms with Crippen molar-refractivity contribution in [3.05, 3.63) is 53.4 Å². The third kappa shape index (κ3) is 3.81. The lowest BCUT2D eigenvalue weighted by molar-refractivity contribution is 0.555. The van der Waals surface area contributed by atoms with Gasteiger partial charge in [-0.2, -0.15) is 0 Å². The Bertz CT molecular complexity index is 732. The number of nitrogens with two attached hydrogens (primary N) is 1. The van der Waals surface area contributed by atoms with Crippen LogP contribution in [-0.4, -0.2) is 18.4 Å². The molecule has 0 saturated carbocycles. The summed E-state index contributed by atoms with van der Waals surface area (Å²) >= 11 is 0. The number of rotatable bonds is 5. The molecule has 1 aromatic carbocycles. The first kappa shape index (κ1) is 15.5. The summed E-state index contributed by atoms with van der Waals surface area (Å²) in [5.41, 5.74) is 7.14. The molecule has 112 valence electrons. The van der Waals surface area contributed by atoms with Gasteiger partial charge in [0, 0.05) is 12.7 Å². The molecule has 2 aromatic rings. The van der Waals surface area contributed by atoms with Crippen LogP contribution in [0.25, 0.3) is 0 Å². The van der Waals surface area contributed by atoms with Gasteiger partial charge < -0.3 is 5.73 Å². The summed E-state index contributed by atoms with van der Waals surface area (Å²) in [6.45, 7) is 1.84. The maximum atomic E-state index is 13.7. The summed E-state index contributed by atoms with van der Waals surface area (Å²) in [6.07, 6.45) is 2.99. The highest BCUT2D eigenvalue weighted by Crippen LogP contribution is 2.16. The Morgan fingerprint density at radius 1 is 1.29 bits per heavy atom. The minimum Gasteiger partial charge on any atom is -0.326 e. The second-order valence-corrected chi connectivity index (χ2v) is 6.18. The van der Waals surface area contributed by atoms with Gasteiger partial charge in [-0.05, 0) is 24.6 Å². The Morgan fingerprint density at radius 3 is 2.67 bits per heavy atom. The lowest BCUT2D eigenvalue weighted by atomic mass is 10.2. The van der Waals surface area contributed by atoms with E-state index >= 15 is 0 Å². The Morgan fingerprint density at radius 2 is 2.05 bits per heavy atom. The monoisotopic (exact) mass is 310 g/mol. The van der Waals surface area contributed by atoms with Gasteiger partial charge in [-0.3, -0.25) is 9.97 Å². The molecule has 0 aliphatic carbocycles. The zero-order valence-corrected chi connectivity index (χ0v) is 12.2. The average molecular weight is 310 g/mol. The molecular formula is C13H15FN4O2S. The van der Waals surface area contributed by atoms with E-state index in [1.165, 1.54) is 24.5 Å². The van der Waals surface area contributed by atoms with Crippen LogP contribution in [0.5, 0.6) is 0 Å². The first-order valence-corrected chi connectivity index (χ1v) is 7.66. The largest absolute Gasteiger partial charge is 0.326 e. The van der Waals surface area contributed by atoms with E-state index in [1.807, 2.05) is 0 Å². The van der Waals surface area contributed by atoms with Crippen LogP contribution in [0.15, 0.2) is 35.5 Å². The molecular weight excluding hydrogens is 295 g/mol. The smallest absolute Gasteiger partial charge is 0.243 e. The minimum atomic E-state index is -3.98. The number of benzene rings is 1. The SMILES string of the molecule is Cc1cnc(CNS(=O)(=O)c2cc(CN)ccc2F)cn1. The molecule has 0 amide bonds. The number of aryl methyl sites for hydroxylation is 1. The number of hydrogen-bond acceptors (Lipinski definition) is 5. The molecule has 0 aliphatic rings. The summed E-state index contributed by atoms with van der Waals surface area (Å²) in [5.74, 6) is -0.824. The van der Waals surface area contributed by atoms with E-state index in [1.54, 1.807) is 6.92 Å². The van der Waals surface area contributed by atoms with Gasteiger partial charge >= 0.3 is 0 Å². The van der Waals surface area contributed by atoms with Gasteiger partial charge in [0.25, 0.3) is 0 Å². The first-order chi connectivity index (χ1) is 9.92. The van der Waals surface area contributed by atoms with E-state index in [-0.39, 0.29) is 13.1 Å². The number of nitrogens with one attached hydrogen (secondary N) is 1. The van der Waals surface area contributed by atoms with Crippen molar-refractivity contribution in [2.75, 3.05) is 0 Å². The molecule has 1 heterocycles. The molecule has 2 rings (SSSR count). The zero-order chi connectivity index (χ0) is 15.5. The highest BCUT2D eigenvalue weighted by atomic mass is 32.2. The van der Waals surface area contributed by atoms with Crippen LogP contribution in [0.2, 0.25) is 0 Å². The van der Waals surface area contributed by atoms with Gasteiger partial charge in [0.15, 0.2) is 0 Å². The van der Waals surface area contributed by atoms with Crippen LogP contribution < -0.4 is 10.5 Å². The van der Waals surface area contributed by atoms with Crippen LogP contribution in [0.1, 0.15) is 17.0 Å². The van der Waals surface area contributed by atoms with Crippen LogP contribution in [0.3, 0.4) is 0 Å². The molecule has 6 nitrogen and oxygen atoms in total. The fourth-order valence-electron chi connectivity index (χ4n) is 1.64. The van der Waals surface area contributed by atoms with Crippen molar-refractivity contribution in [2.45, 2.75) is 24.9 Å². The molecule has 3 N–H and O–H groups in total. The normalized spacial score (nSPS) is 11.6. The number of aromatic nitrogens is 2. The van der Waals surface area contributed by atoms with Crippen LogP contribution in [0.4, 0.5) is 4.39 Å². The molecule has 8 heteroatoms. The topological polar surface area (TPSA) is 98.0 Å². The quantitative estimate of drug-likeness (QED) is 0.853. The molecule has 21 heavy (non-hydrogen) atoms. The minimum absolute atomic E-state index is 0.0676. The van der Waals surface area contributed by atoms with Gasteiger partial charge in [0.05, 0.1) is 24.1 Å². The van der Waals surface area contributed by atoms with Crippen LogP contribution >= 0.6 is 0 Å². The van der Waals surface area contributed by atoms with Crippen molar-refractivity contribution >= 4 is 10.0 Å². The number of hydrogen-bond donors (Lipinski definition) is 2. The molecule has 0 fully saturated rings. The summed E-state index contributed by atoms with van der Waals surface area (Å²) in [7, 11) is -3.98. The van der Waals surface area contributed by atoms with Crippen molar-refractivity contribution in [2.24, 2.45) is 5.73 Å². The molecule has 0 atom stereocenters. The lowest BCUT2D eigenvalue weighted by Gasteiger charge is -2.08. The molecule has 0 unspecified atom stereocenters. The standard InChI is InChI=1S/C13H15FN4O2S/c1-9-6-17-11(7-16-9)8-18-21(19,20)13-4-10(5-15)2-3-12(13)14/h2-4,6-7,18H,5,8,15H2,1H3. The van der Waals surface area contributed by atoms with E-state index in [9.17, 15) is 12.8 Å². The van der Waals surface area contributed by atoms with Gasteiger partial charge in [0.2, 0.25) is 10.0 Å². The summed E-state index contributed by atoms with van der Waals surface area (Å²) in [4.78, 5) is 7.61. The van der Waals surface area contributed by atoms with E-state index in [0.29, 0.717) is 11.3 Å². The maximum Gasteiger partial charge on any atom is 0.243 e. The van der Waals surface area contributed by atoms with Crippen molar-refractivity contribution in [1.82, 2.24) is 14.7 Å². The van der Waals surface area contributed by atoms with Crippen LogP contribution in [-0.2, 0) is 23.1 Å². The van der Waals surface area contributed by atoms with Gasteiger partial charge in [-0.1, -0.05) is 6.07 Å². The van der Waals surface area contributed by atoms with Crippen molar-refractivity contribution in [1.29, 1.82) is 0 Å². The maximum absolute atomic E-state index is 13.7. The van der Waals surface area contributed by atoms with Gasteiger partial charge in [-0.25, -0.2) is 17.5 Å². The van der Waals surface area contributed by atoms with Gasteiger partial charge in [0.1, 0.15) is 10.7 Å². The number of nitrogens with zero attached hydrogens (tertiary/aromatic N) is 2. The lowest BCUT2D eigenvalue weighted by Crippen LogP contribution is -2.25. The molecule has 0 radical (unpaired) electrons. The molecule has 0 spiro atoms. The Hall–Kier alpha value is -1.90. The Kier molecular flexibility index (Phi) is 4.61. The average Bonchev–Trinajstić information content (AvgIpc) is 2.47. The molecule has 1 aromatic heterocycles. The third-order valence-electron chi connectivity index (χ3n) is 2.80. The molecule has 0 bridgehead atoms. The number of halogens is 1. The van der Waals surface area contributed by atoms with E-state index in [0.717, 1.165) is 11.8 Å². The molecule has 0 aliphatic heterocycles. The molecule has 0 saturated heterocycles. The predicted octanol–water partition coefficient (Wildman–Crippen LogP) is 0.861. The first-order valence-electron chi connectivity index (χ1n) is 6.18. The van der Waals surface area contributed by atoms with Crippen LogP contribution in [0, 0.1) is 12.7 Å². The highest BCUT2D eigenvalue weighted by Gasteiger charge is 2.19. The second-order valence-electron chi connectivity index (χ2n) is 4.44. The highest BCUT2D eigenvalue weighted by molar-refractivity contribution is 7.89. The van der Waals surface area contributed by atoms with Crippen molar-refractivity contribution in [3.63, 3.8) is 0 Å².